The van der Waals surface area contributed by atoms with Crippen LogP contribution < -0.4 is 4.74 Å². The van der Waals surface area contributed by atoms with Gasteiger partial charge in [0, 0.05) is 24.5 Å². The zero-order valence-corrected chi connectivity index (χ0v) is 19.5. The van der Waals surface area contributed by atoms with Crippen LogP contribution in [0.25, 0.3) is 10.9 Å². The summed E-state index contributed by atoms with van der Waals surface area (Å²) in [6.07, 6.45) is 7.98. The number of pyridine rings is 1. The van der Waals surface area contributed by atoms with Gasteiger partial charge in [-0.1, -0.05) is 0 Å². The Hall–Kier alpha value is -3.00. The van der Waals surface area contributed by atoms with E-state index in [-0.39, 0.29) is 5.92 Å². The van der Waals surface area contributed by atoms with Crippen molar-refractivity contribution in [3.05, 3.63) is 54.4 Å². The minimum absolute atomic E-state index is 0.0260. The number of aliphatic carboxylic acids is 1. The van der Waals surface area contributed by atoms with Crippen molar-refractivity contribution in [2.45, 2.75) is 44.7 Å². The van der Waals surface area contributed by atoms with Crippen LogP contribution in [-0.4, -0.2) is 52.7 Å². The van der Waals surface area contributed by atoms with Crippen molar-refractivity contribution in [3.63, 3.8) is 0 Å². The number of benzene rings is 1. The molecule has 34 heavy (non-hydrogen) atoms. The van der Waals surface area contributed by atoms with Crippen molar-refractivity contribution in [1.29, 1.82) is 0 Å². The number of aromatic nitrogens is 2. The highest BCUT2D eigenvalue weighted by molar-refractivity contribution is 5.83. The third kappa shape index (κ3) is 5.91. The molecule has 1 saturated heterocycles. The normalized spacial score (nSPS) is 19.8. The molecule has 7 nitrogen and oxygen atoms in total. The van der Waals surface area contributed by atoms with Gasteiger partial charge in [0.2, 0.25) is 0 Å². The predicted molar refractivity (Wildman–Crippen MR) is 126 cm³/mol. The first-order chi connectivity index (χ1) is 16.5. The Morgan fingerprint density at radius 2 is 2.18 bits per heavy atom. The van der Waals surface area contributed by atoms with E-state index in [1.165, 1.54) is 0 Å². The van der Waals surface area contributed by atoms with E-state index in [2.05, 4.69) is 14.9 Å². The van der Waals surface area contributed by atoms with E-state index in [0.29, 0.717) is 30.7 Å². The van der Waals surface area contributed by atoms with Crippen LogP contribution in [0.1, 0.15) is 49.7 Å². The van der Waals surface area contributed by atoms with Gasteiger partial charge in [-0.15, -0.1) is 0 Å². The molecule has 0 aliphatic carbocycles. The van der Waals surface area contributed by atoms with Crippen molar-refractivity contribution in [2.75, 3.05) is 26.7 Å². The maximum absolute atomic E-state index is 15.3. The van der Waals surface area contributed by atoms with E-state index in [1.807, 2.05) is 18.2 Å². The summed E-state index contributed by atoms with van der Waals surface area (Å²) in [4.78, 5) is 22.7. The average Bonchev–Trinajstić information content (AvgIpc) is 3.38. The number of piperidine rings is 1. The molecule has 182 valence electrons. The standard InChI is InChI=1S/C26H32FN3O4/c1-33-19-6-8-24-21(16-19)20(9-11-28-24)23(27)7-5-18-10-14-30(17-22(18)26(31)32)13-3-2-4-25-29-12-15-34-25/h6,8-9,11-12,15-16,18,22-23H,2-5,7,10,13-14,17H2,1H3,(H,31,32)/t18-,22+,23+/m1/s1. The van der Waals surface area contributed by atoms with Gasteiger partial charge in [0.15, 0.2) is 5.89 Å². The summed E-state index contributed by atoms with van der Waals surface area (Å²) >= 11 is 0. The van der Waals surface area contributed by atoms with Gasteiger partial charge in [-0.2, -0.15) is 0 Å². The molecule has 1 aliphatic rings. The summed E-state index contributed by atoms with van der Waals surface area (Å²) in [5.74, 6) is 0.115. The van der Waals surface area contributed by atoms with Crippen molar-refractivity contribution < 1.29 is 23.4 Å². The van der Waals surface area contributed by atoms with Crippen LogP contribution in [-0.2, 0) is 11.2 Å². The van der Waals surface area contributed by atoms with Crippen LogP contribution >= 0.6 is 0 Å². The number of unbranched alkanes of at least 4 members (excludes halogenated alkanes) is 1. The highest BCUT2D eigenvalue weighted by atomic mass is 19.1. The number of alkyl halides is 1. The van der Waals surface area contributed by atoms with Crippen LogP contribution in [0.15, 0.2) is 47.3 Å². The number of oxazole rings is 1. The fourth-order valence-electron chi connectivity index (χ4n) is 4.95. The summed E-state index contributed by atoms with van der Waals surface area (Å²) < 4.78 is 25.9. The zero-order chi connectivity index (χ0) is 23.9. The number of carbonyl (C=O) groups is 1. The molecule has 0 saturated carbocycles. The summed E-state index contributed by atoms with van der Waals surface area (Å²) in [7, 11) is 1.58. The molecule has 1 fully saturated rings. The zero-order valence-electron chi connectivity index (χ0n) is 19.5. The van der Waals surface area contributed by atoms with E-state index in [0.717, 1.165) is 55.6 Å². The lowest BCUT2D eigenvalue weighted by molar-refractivity contribution is -0.146. The highest BCUT2D eigenvalue weighted by Gasteiger charge is 2.34. The lowest BCUT2D eigenvalue weighted by Gasteiger charge is -2.36. The first-order valence-corrected chi connectivity index (χ1v) is 12.0. The summed E-state index contributed by atoms with van der Waals surface area (Å²) in [6, 6.07) is 7.16. The molecule has 1 aromatic carbocycles. The number of rotatable bonds is 11. The molecular formula is C26H32FN3O4. The Balaban J connectivity index is 1.31. The van der Waals surface area contributed by atoms with Crippen LogP contribution in [0.4, 0.5) is 4.39 Å². The second-order valence-corrected chi connectivity index (χ2v) is 9.01. The topological polar surface area (TPSA) is 88.7 Å². The van der Waals surface area contributed by atoms with Crippen molar-refractivity contribution in [1.82, 2.24) is 14.9 Å². The van der Waals surface area contributed by atoms with Gasteiger partial charge in [-0.25, -0.2) is 9.37 Å². The Labute approximate surface area is 199 Å². The molecule has 3 aromatic rings. The number of aryl methyl sites for hydroxylation is 1. The molecule has 0 radical (unpaired) electrons. The quantitative estimate of drug-likeness (QED) is 0.392. The van der Waals surface area contributed by atoms with E-state index in [9.17, 15) is 9.90 Å². The molecule has 1 aliphatic heterocycles. The van der Waals surface area contributed by atoms with Gasteiger partial charge >= 0.3 is 5.97 Å². The number of ether oxygens (including phenoxy) is 1. The average molecular weight is 470 g/mol. The fourth-order valence-corrected chi connectivity index (χ4v) is 4.95. The minimum Gasteiger partial charge on any atom is -0.497 e. The van der Waals surface area contributed by atoms with Gasteiger partial charge in [0.05, 0.1) is 24.7 Å². The number of fused-ring (bicyclic) bond motifs is 1. The number of hydrogen-bond donors (Lipinski definition) is 1. The molecule has 0 unspecified atom stereocenters. The number of halogens is 1. The maximum atomic E-state index is 15.3. The Bertz CT molecular complexity index is 1080. The number of carboxylic acid groups (broad SMARTS) is 1. The first kappa shape index (κ1) is 24.1. The van der Waals surface area contributed by atoms with Gasteiger partial charge in [-0.3, -0.25) is 9.78 Å². The van der Waals surface area contributed by atoms with Gasteiger partial charge < -0.3 is 19.2 Å². The van der Waals surface area contributed by atoms with Crippen LogP contribution in [0.3, 0.4) is 0 Å². The lowest BCUT2D eigenvalue weighted by Crippen LogP contribution is -2.44. The second-order valence-electron chi connectivity index (χ2n) is 9.01. The summed E-state index contributed by atoms with van der Waals surface area (Å²) in [5.41, 5.74) is 1.31. The molecule has 2 aromatic heterocycles. The second kappa shape index (κ2) is 11.4. The molecule has 0 amide bonds. The third-order valence-corrected chi connectivity index (χ3v) is 6.87. The van der Waals surface area contributed by atoms with E-state index >= 15 is 4.39 Å². The number of hydrogen-bond acceptors (Lipinski definition) is 6. The number of nitrogens with zero attached hydrogens (tertiary/aromatic N) is 3. The smallest absolute Gasteiger partial charge is 0.308 e. The van der Waals surface area contributed by atoms with Gasteiger partial charge in [0.1, 0.15) is 18.2 Å². The number of methoxy groups -OCH3 is 1. The minimum atomic E-state index is -1.18. The lowest BCUT2D eigenvalue weighted by atomic mass is 9.81. The Morgan fingerprint density at radius 1 is 1.29 bits per heavy atom. The Morgan fingerprint density at radius 3 is 2.94 bits per heavy atom. The SMILES string of the molecule is COc1ccc2nccc([C@@H](F)CC[C@@H]3CCN(CCCCc4ncco4)C[C@@H]3C(=O)O)c2c1. The number of carboxylic acids is 1. The Kier molecular flexibility index (Phi) is 8.11. The van der Waals surface area contributed by atoms with Crippen molar-refractivity contribution in [2.24, 2.45) is 11.8 Å². The molecule has 1 N–H and O–H groups in total. The molecule has 3 heterocycles. The largest absolute Gasteiger partial charge is 0.497 e. The molecular weight excluding hydrogens is 437 g/mol. The monoisotopic (exact) mass is 469 g/mol. The highest BCUT2D eigenvalue weighted by Crippen LogP contribution is 2.35. The van der Waals surface area contributed by atoms with Crippen LogP contribution in [0.2, 0.25) is 0 Å². The van der Waals surface area contributed by atoms with E-state index in [4.69, 9.17) is 9.15 Å². The fraction of sp³-hybridized carbons (Fsp3) is 0.500. The van der Waals surface area contributed by atoms with Crippen LogP contribution in [0, 0.1) is 11.8 Å². The number of likely N-dealkylation sites (tertiary alicyclic amines) is 1. The first-order valence-electron chi connectivity index (χ1n) is 12.0. The molecule has 3 atom stereocenters. The predicted octanol–water partition coefficient (Wildman–Crippen LogP) is 5.07. The summed E-state index contributed by atoms with van der Waals surface area (Å²) in [6.45, 7) is 2.22. The van der Waals surface area contributed by atoms with E-state index in [1.54, 1.807) is 31.8 Å². The van der Waals surface area contributed by atoms with Gasteiger partial charge in [0.25, 0.3) is 0 Å². The van der Waals surface area contributed by atoms with Crippen molar-refractivity contribution in [3.8, 4) is 5.75 Å². The van der Waals surface area contributed by atoms with Crippen molar-refractivity contribution >= 4 is 16.9 Å². The molecule has 4 rings (SSSR count). The van der Waals surface area contributed by atoms with Gasteiger partial charge in [-0.05, 0) is 80.9 Å². The molecule has 0 spiro atoms. The summed E-state index contributed by atoms with van der Waals surface area (Å²) in [5, 5.41) is 10.6. The van der Waals surface area contributed by atoms with E-state index < -0.39 is 18.1 Å². The molecule has 8 heteroatoms. The third-order valence-electron chi connectivity index (χ3n) is 6.87. The van der Waals surface area contributed by atoms with Crippen LogP contribution in [0.5, 0.6) is 5.75 Å². The maximum Gasteiger partial charge on any atom is 0.308 e. The molecule has 0 bridgehead atoms.